The molecule has 0 saturated heterocycles. The van der Waals surface area contributed by atoms with Crippen LogP contribution in [0.25, 0.3) is 0 Å². The van der Waals surface area contributed by atoms with Crippen LogP contribution in [0.5, 0.6) is 0 Å². The lowest BCUT2D eigenvalue weighted by molar-refractivity contribution is -0.118. The molecule has 0 aromatic carbocycles. The Hall–Kier alpha value is -1.08. The number of aromatic nitrogens is 1. The highest BCUT2D eigenvalue weighted by Gasteiger charge is 2.23. The highest BCUT2D eigenvalue weighted by atomic mass is 32.2. The Labute approximate surface area is 107 Å². The molecule has 0 radical (unpaired) electrons. The smallest absolute Gasteiger partial charge is 0.347 e. The summed E-state index contributed by atoms with van der Waals surface area (Å²) >= 11 is 2.40. The van der Waals surface area contributed by atoms with Gasteiger partial charge in [0.25, 0.3) is 0 Å². The molecule has 1 fully saturated rings. The van der Waals surface area contributed by atoms with Gasteiger partial charge in [-0.1, -0.05) is 11.8 Å². The summed E-state index contributed by atoms with van der Waals surface area (Å²) in [4.78, 5) is 26.6. The standard InChI is InChI=1S/C10H12N2O3S2/c1-5-8(9(14)15)17-10(11-5)16-4-7(13)12-6-2-3-6/h6H,2-4H2,1H3,(H,12,13)(H,14,15). The monoisotopic (exact) mass is 272 g/mol. The van der Waals surface area contributed by atoms with Crippen LogP contribution in [0, 0.1) is 6.92 Å². The Kier molecular flexibility index (Phi) is 3.68. The van der Waals surface area contributed by atoms with E-state index < -0.39 is 5.97 Å². The number of nitrogens with one attached hydrogen (secondary N) is 1. The average molecular weight is 272 g/mol. The van der Waals surface area contributed by atoms with Gasteiger partial charge in [-0.25, -0.2) is 9.78 Å². The number of carboxylic acid groups (broad SMARTS) is 1. The van der Waals surface area contributed by atoms with Gasteiger partial charge >= 0.3 is 5.97 Å². The molecule has 1 saturated carbocycles. The predicted molar refractivity (Wildman–Crippen MR) is 65.7 cm³/mol. The van der Waals surface area contributed by atoms with Crippen molar-refractivity contribution < 1.29 is 14.7 Å². The molecular weight excluding hydrogens is 260 g/mol. The summed E-state index contributed by atoms with van der Waals surface area (Å²) in [5, 5.41) is 11.7. The van der Waals surface area contributed by atoms with Crippen LogP contribution in [0.3, 0.4) is 0 Å². The minimum Gasteiger partial charge on any atom is -0.477 e. The molecule has 0 spiro atoms. The number of carbonyl (C=O) groups is 2. The van der Waals surface area contributed by atoms with Crippen molar-refractivity contribution in [3.8, 4) is 0 Å². The lowest BCUT2D eigenvalue weighted by atomic mass is 10.4. The van der Waals surface area contributed by atoms with E-state index in [0.717, 1.165) is 24.2 Å². The molecule has 2 N–H and O–H groups in total. The summed E-state index contributed by atoms with van der Waals surface area (Å²) in [7, 11) is 0. The van der Waals surface area contributed by atoms with Crippen molar-refractivity contribution >= 4 is 35.0 Å². The fourth-order valence-electron chi connectivity index (χ4n) is 1.26. The highest BCUT2D eigenvalue weighted by Crippen LogP contribution is 2.27. The molecule has 1 heterocycles. The Morgan fingerprint density at radius 3 is 2.82 bits per heavy atom. The van der Waals surface area contributed by atoms with E-state index in [0.29, 0.717) is 21.8 Å². The van der Waals surface area contributed by atoms with Gasteiger partial charge in [0.1, 0.15) is 4.88 Å². The number of carbonyl (C=O) groups excluding carboxylic acids is 1. The Balaban J connectivity index is 1.87. The van der Waals surface area contributed by atoms with Crippen molar-refractivity contribution in [3.05, 3.63) is 10.6 Å². The third kappa shape index (κ3) is 3.44. The first-order chi connectivity index (χ1) is 8.06. The van der Waals surface area contributed by atoms with Gasteiger partial charge in [-0.2, -0.15) is 0 Å². The van der Waals surface area contributed by atoms with Gasteiger partial charge in [0.2, 0.25) is 5.91 Å². The fraction of sp³-hybridized carbons (Fsp3) is 0.500. The number of thiazole rings is 1. The van der Waals surface area contributed by atoms with Crippen LogP contribution in [-0.2, 0) is 4.79 Å². The zero-order valence-electron chi connectivity index (χ0n) is 9.23. The maximum atomic E-state index is 11.4. The third-order valence-electron chi connectivity index (χ3n) is 2.24. The molecule has 0 atom stereocenters. The number of hydrogen-bond donors (Lipinski definition) is 2. The van der Waals surface area contributed by atoms with Crippen molar-refractivity contribution in [1.82, 2.24) is 10.3 Å². The lowest BCUT2D eigenvalue weighted by Gasteiger charge is -2.00. The topological polar surface area (TPSA) is 79.3 Å². The maximum Gasteiger partial charge on any atom is 0.347 e. The Morgan fingerprint density at radius 1 is 1.59 bits per heavy atom. The zero-order valence-corrected chi connectivity index (χ0v) is 10.9. The lowest BCUT2D eigenvalue weighted by Crippen LogP contribution is -2.26. The minimum absolute atomic E-state index is 0.0118. The summed E-state index contributed by atoms with van der Waals surface area (Å²) in [6.45, 7) is 1.66. The van der Waals surface area contributed by atoms with E-state index >= 15 is 0 Å². The van der Waals surface area contributed by atoms with E-state index in [1.165, 1.54) is 11.8 Å². The van der Waals surface area contributed by atoms with Crippen LogP contribution in [0.4, 0.5) is 0 Å². The third-order valence-corrected chi connectivity index (χ3v) is 4.53. The fourth-order valence-corrected chi connectivity index (χ4v) is 3.10. The molecule has 0 bridgehead atoms. The summed E-state index contributed by atoms with van der Waals surface area (Å²) in [5.41, 5.74) is 0.507. The van der Waals surface area contributed by atoms with Crippen LogP contribution in [0.2, 0.25) is 0 Å². The molecule has 0 unspecified atom stereocenters. The first kappa shape index (κ1) is 12.4. The molecular formula is C10H12N2O3S2. The second kappa shape index (κ2) is 5.05. The molecule has 7 heteroatoms. The summed E-state index contributed by atoms with van der Waals surface area (Å²) in [5.74, 6) is -0.681. The highest BCUT2D eigenvalue weighted by molar-refractivity contribution is 8.01. The quantitative estimate of drug-likeness (QED) is 0.794. The number of aryl methyl sites for hydroxylation is 1. The molecule has 5 nitrogen and oxygen atoms in total. The van der Waals surface area contributed by atoms with Crippen LogP contribution in [0.1, 0.15) is 28.2 Å². The van der Waals surface area contributed by atoms with Gasteiger partial charge in [-0.15, -0.1) is 11.3 Å². The molecule has 1 aliphatic carbocycles. The van der Waals surface area contributed by atoms with Gasteiger partial charge in [0, 0.05) is 6.04 Å². The Bertz CT molecular complexity index is 454. The average Bonchev–Trinajstić information content (AvgIpc) is 2.97. The normalized spacial score (nSPS) is 14.6. The molecule has 1 aromatic heterocycles. The van der Waals surface area contributed by atoms with E-state index in [-0.39, 0.29) is 10.8 Å². The number of nitrogens with zero attached hydrogens (tertiary/aromatic N) is 1. The van der Waals surface area contributed by atoms with Crippen LogP contribution < -0.4 is 5.32 Å². The molecule has 1 amide bonds. The van der Waals surface area contributed by atoms with Crippen molar-refractivity contribution in [2.45, 2.75) is 30.1 Å². The summed E-state index contributed by atoms with van der Waals surface area (Å²) in [6.07, 6.45) is 2.13. The van der Waals surface area contributed by atoms with Crippen molar-refractivity contribution in [3.63, 3.8) is 0 Å². The van der Waals surface area contributed by atoms with Crippen LogP contribution >= 0.6 is 23.1 Å². The number of carboxylic acids is 1. The predicted octanol–water partition coefficient (Wildman–Crippen LogP) is 1.52. The molecule has 17 heavy (non-hydrogen) atoms. The molecule has 92 valence electrons. The number of aromatic carboxylic acids is 1. The molecule has 1 aromatic rings. The van der Waals surface area contributed by atoms with E-state index in [1.54, 1.807) is 6.92 Å². The van der Waals surface area contributed by atoms with Crippen LogP contribution in [0.15, 0.2) is 4.34 Å². The van der Waals surface area contributed by atoms with Gasteiger partial charge in [-0.05, 0) is 19.8 Å². The van der Waals surface area contributed by atoms with E-state index in [9.17, 15) is 9.59 Å². The van der Waals surface area contributed by atoms with Crippen LogP contribution in [-0.4, -0.2) is 33.8 Å². The van der Waals surface area contributed by atoms with Gasteiger partial charge < -0.3 is 10.4 Å². The van der Waals surface area contributed by atoms with Crippen molar-refractivity contribution in [2.24, 2.45) is 0 Å². The first-order valence-corrected chi connectivity index (χ1v) is 6.99. The SMILES string of the molecule is Cc1nc(SCC(=O)NC2CC2)sc1C(=O)O. The molecule has 1 aliphatic rings. The van der Waals surface area contributed by atoms with E-state index in [2.05, 4.69) is 10.3 Å². The minimum atomic E-state index is -0.964. The second-order valence-corrected chi connectivity index (χ2v) is 6.05. The maximum absolute atomic E-state index is 11.4. The summed E-state index contributed by atoms with van der Waals surface area (Å²) in [6, 6.07) is 0.357. The number of amides is 1. The van der Waals surface area contributed by atoms with E-state index in [4.69, 9.17) is 5.11 Å². The first-order valence-electron chi connectivity index (χ1n) is 5.19. The van der Waals surface area contributed by atoms with Crippen molar-refractivity contribution in [1.29, 1.82) is 0 Å². The molecule has 0 aliphatic heterocycles. The number of thioether (sulfide) groups is 1. The van der Waals surface area contributed by atoms with Gasteiger partial charge in [0.15, 0.2) is 4.34 Å². The Morgan fingerprint density at radius 2 is 2.29 bits per heavy atom. The van der Waals surface area contributed by atoms with E-state index in [1.807, 2.05) is 0 Å². The summed E-state index contributed by atoms with van der Waals surface area (Å²) < 4.78 is 0.630. The van der Waals surface area contributed by atoms with Gasteiger partial charge in [-0.3, -0.25) is 4.79 Å². The zero-order chi connectivity index (χ0) is 12.4. The van der Waals surface area contributed by atoms with Crippen molar-refractivity contribution in [2.75, 3.05) is 5.75 Å². The molecule has 2 rings (SSSR count). The number of rotatable bonds is 5. The van der Waals surface area contributed by atoms with Gasteiger partial charge in [0.05, 0.1) is 11.4 Å². The largest absolute Gasteiger partial charge is 0.477 e. The second-order valence-electron chi connectivity index (χ2n) is 3.83. The number of hydrogen-bond acceptors (Lipinski definition) is 5.